The fraction of sp³-hybridized carbons (Fsp3) is 0.240. The molecular weight excluding hydrogens is 424 g/mol. The molecule has 0 aliphatic carbocycles. The average Bonchev–Trinajstić information content (AvgIpc) is 2.84. The highest BCUT2D eigenvalue weighted by Gasteiger charge is 2.28. The van der Waals surface area contributed by atoms with E-state index >= 15 is 0 Å². The van der Waals surface area contributed by atoms with Crippen molar-refractivity contribution in [1.82, 2.24) is 20.1 Å². The summed E-state index contributed by atoms with van der Waals surface area (Å²) in [6.07, 6.45) is 1.47. The molecule has 3 aromatic rings. The lowest BCUT2D eigenvalue weighted by atomic mass is 9.96. The number of rotatable bonds is 6. The first-order chi connectivity index (χ1) is 15.6. The number of nitrogens with zero attached hydrogens (tertiary/aromatic N) is 3. The maximum atomic E-state index is 12.7. The van der Waals surface area contributed by atoms with Gasteiger partial charge in [0.2, 0.25) is 5.91 Å². The van der Waals surface area contributed by atoms with Gasteiger partial charge in [-0.2, -0.15) is 0 Å². The van der Waals surface area contributed by atoms with E-state index < -0.39 is 5.91 Å². The Morgan fingerprint density at radius 1 is 0.906 bits per heavy atom. The lowest BCUT2D eigenvalue weighted by Crippen LogP contribution is -2.52. The normalized spacial score (nSPS) is 14.4. The van der Waals surface area contributed by atoms with Crippen LogP contribution in [0.1, 0.15) is 27.7 Å². The van der Waals surface area contributed by atoms with Crippen LogP contribution in [-0.4, -0.2) is 59.3 Å². The van der Waals surface area contributed by atoms with Crippen molar-refractivity contribution in [2.24, 2.45) is 0 Å². The summed E-state index contributed by atoms with van der Waals surface area (Å²) in [5.74, 6) is -0.510. The predicted octanol–water partition coefficient (Wildman–Crippen LogP) is 3.40. The SMILES string of the molecule is O=C(NCC(=O)N1CCN(C(c2ccccc2)c2ccccc2)CC1)c1cc(Cl)ccn1. The van der Waals surface area contributed by atoms with Gasteiger partial charge in [0.1, 0.15) is 5.69 Å². The third kappa shape index (κ3) is 5.33. The molecule has 1 saturated heterocycles. The molecule has 1 fully saturated rings. The number of hydrogen-bond donors (Lipinski definition) is 1. The molecule has 0 atom stereocenters. The number of pyridine rings is 1. The van der Waals surface area contributed by atoms with Crippen molar-refractivity contribution in [3.05, 3.63) is 101 Å². The zero-order valence-corrected chi connectivity index (χ0v) is 18.4. The first-order valence-electron chi connectivity index (χ1n) is 10.6. The van der Waals surface area contributed by atoms with Gasteiger partial charge in [-0.1, -0.05) is 72.3 Å². The van der Waals surface area contributed by atoms with E-state index in [1.807, 2.05) is 12.1 Å². The topological polar surface area (TPSA) is 65.5 Å². The van der Waals surface area contributed by atoms with Crippen LogP contribution in [0.25, 0.3) is 0 Å². The van der Waals surface area contributed by atoms with Crippen LogP contribution in [0, 0.1) is 0 Å². The van der Waals surface area contributed by atoms with Crippen LogP contribution in [0.4, 0.5) is 0 Å². The fourth-order valence-corrected chi connectivity index (χ4v) is 4.16. The highest BCUT2D eigenvalue weighted by molar-refractivity contribution is 6.30. The highest BCUT2D eigenvalue weighted by atomic mass is 35.5. The summed E-state index contributed by atoms with van der Waals surface area (Å²) >= 11 is 5.90. The van der Waals surface area contributed by atoms with Crippen LogP contribution >= 0.6 is 11.6 Å². The Bertz CT molecular complexity index is 1010. The van der Waals surface area contributed by atoms with Crippen molar-refractivity contribution in [3.8, 4) is 0 Å². The van der Waals surface area contributed by atoms with Gasteiger partial charge in [-0.25, -0.2) is 0 Å². The Kier molecular flexibility index (Phi) is 7.14. The second-order valence-electron chi connectivity index (χ2n) is 7.68. The van der Waals surface area contributed by atoms with Gasteiger partial charge in [0.25, 0.3) is 5.91 Å². The van der Waals surface area contributed by atoms with Crippen molar-refractivity contribution >= 4 is 23.4 Å². The molecular formula is C25H25ClN4O2. The van der Waals surface area contributed by atoms with E-state index in [0.717, 1.165) is 13.1 Å². The third-order valence-electron chi connectivity index (χ3n) is 5.62. The van der Waals surface area contributed by atoms with Crippen molar-refractivity contribution in [3.63, 3.8) is 0 Å². The monoisotopic (exact) mass is 448 g/mol. The first kappa shape index (κ1) is 22.0. The largest absolute Gasteiger partial charge is 0.342 e. The minimum atomic E-state index is -0.410. The van der Waals surface area contributed by atoms with Crippen LogP contribution < -0.4 is 5.32 Å². The second kappa shape index (κ2) is 10.4. The van der Waals surface area contributed by atoms with Crippen LogP contribution in [0.5, 0.6) is 0 Å². The summed E-state index contributed by atoms with van der Waals surface area (Å²) in [6.45, 7) is 2.67. The molecule has 0 spiro atoms. The van der Waals surface area contributed by atoms with Crippen molar-refractivity contribution < 1.29 is 9.59 Å². The van der Waals surface area contributed by atoms with E-state index in [0.29, 0.717) is 18.1 Å². The number of hydrogen-bond acceptors (Lipinski definition) is 4. The van der Waals surface area contributed by atoms with Crippen molar-refractivity contribution in [2.75, 3.05) is 32.7 Å². The van der Waals surface area contributed by atoms with E-state index in [-0.39, 0.29) is 24.2 Å². The summed E-state index contributed by atoms with van der Waals surface area (Å²) in [7, 11) is 0. The van der Waals surface area contributed by atoms with Gasteiger partial charge < -0.3 is 10.2 Å². The molecule has 1 aromatic heterocycles. The number of benzene rings is 2. The molecule has 1 aliphatic rings. The molecule has 0 radical (unpaired) electrons. The zero-order chi connectivity index (χ0) is 22.3. The van der Waals surface area contributed by atoms with Crippen LogP contribution in [0.15, 0.2) is 79.0 Å². The maximum Gasteiger partial charge on any atom is 0.270 e. The second-order valence-corrected chi connectivity index (χ2v) is 8.12. The Morgan fingerprint density at radius 3 is 2.06 bits per heavy atom. The molecule has 0 saturated carbocycles. The number of piperazine rings is 1. The quantitative estimate of drug-likeness (QED) is 0.627. The lowest BCUT2D eigenvalue weighted by molar-refractivity contribution is -0.132. The molecule has 6 nitrogen and oxygen atoms in total. The summed E-state index contributed by atoms with van der Waals surface area (Å²) < 4.78 is 0. The third-order valence-corrected chi connectivity index (χ3v) is 5.85. The van der Waals surface area contributed by atoms with E-state index in [2.05, 4.69) is 63.7 Å². The van der Waals surface area contributed by atoms with Gasteiger partial charge in [0.15, 0.2) is 0 Å². The minimum absolute atomic E-state index is 0.0617. The molecule has 164 valence electrons. The van der Waals surface area contributed by atoms with Gasteiger partial charge in [0, 0.05) is 37.4 Å². The Labute approximate surface area is 192 Å². The van der Waals surface area contributed by atoms with Crippen LogP contribution in [0.2, 0.25) is 5.02 Å². The summed E-state index contributed by atoms with van der Waals surface area (Å²) in [4.78, 5) is 33.1. The van der Waals surface area contributed by atoms with Crippen molar-refractivity contribution in [2.45, 2.75) is 6.04 Å². The van der Waals surface area contributed by atoms with Gasteiger partial charge in [-0.3, -0.25) is 19.5 Å². The standard InChI is InChI=1S/C25H25ClN4O2/c26-21-11-12-27-22(17-21)25(32)28-18-23(31)29-13-15-30(16-14-29)24(19-7-3-1-4-8-19)20-9-5-2-6-10-20/h1-12,17,24H,13-16,18H2,(H,28,32). The van der Waals surface area contributed by atoms with Gasteiger partial charge >= 0.3 is 0 Å². The number of carbonyl (C=O) groups is 2. The average molecular weight is 449 g/mol. The molecule has 0 bridgehead atoms. The zero-order valence-electron chi connectivity index (χ0n) is 17.7. The van der Waals surface area contributed by atoms with Crippen LogP contribution in [-0.2, 0) is 4.79 Å². The summed E-state index contributed by atoms with van der Waals surface area (Å²) in [6, 6.07) is 24.1. The molecule has 1 aliphatic heterocycles. The van der Waals surface area contributed by atoms with Crippen molar-refractivity contribution in [1.29, 1.82) is 0 Å². The number of halogens is 1. The van der Waals surface area contributed by atoms with Crippen LogP contribution in [0.3, 0.4) is 0 Å². The lowest BCUT2D eigenvalue weighted by Gasteiger charge is -2.39. The Balaban J connectivity index is 1.36. The van der Waals surface area contributed by atoms with Gasteiger partial charge in [-0.15, -0.1) is 0 Å². The maximum absolute atomic E-state index is 12.7. The molecule has 32 heavy (non-hydrogen) atoms. The van der Waals surface area contributed by atoms with E-state index in [9.17, 15) is 9.59 Å². The molecule has 2 heterocycles. The van der Waals surface area contributed by atoms with E-state index in [1.165, 1.54) is 23.4 Å². The number of carbonyl (C=O) groups excluding carboxylic acids is 2. The number of amides is 2. The Hall–Kier alpha value is -3.22. The Morgan fingerprint density at radius 2 is 1.50 bits per heavy atom. The summed E-state index contributed by atoms with van der Waals surface area (Å²) in [5, 5.41) is 3.07. The minimum Gasteiger partial charge on any atom is -0.342 e. The highest BCUT2D eigenvalue weighted by Crippen LogP contribution is 2.29. The summed E-state index contributed by atoms with van der Waals surface area (Å²) in [5.41, 5.74) is 2.67. The van der Waals surface area contributed by atoms with E-state index in [1.54, 1.807) is 11.0 Å². The van der Waals surface area contributed by atoms with Gasteiger partial charge in [-0.05, 0) is 23.3 Å². The molecule has 2 amide bonds. The first-order valence-corrected chi connectivity index (χ1v) is 11.0. The molecule has 1 N–H and O–H groups in total. The molecule has 0 unspecified atom stereocenters. The predicted molar refractivity (Wildman–Crippen MR) is 124 cm³/mol. The van der Waals surface area contributed by atoms with E-state index in [4.69, 9.17) is 11.6 Å². The van der Waals surface area contributed by atoms with Gasteiger partial charge in [0.05, 0.1) is 12.6 Å². The fourth-order valence-electron chi connectivity index (χ4n) is 4.00. The molecule has 4 rings (SSSR count). The molecule has 2 aromatic carbocycles. The smallest absolute Gasteiger partial charge is 0.270 e. The number of nitrogens with one attached hydrogen (secondary N) is 1. The number of aromatic nitrogens is 1. The molecule has 7 heteroatoms.